The van der Waals surface area contributed by atoms with E-state index in [2.05, 4.69) is 193 Å². The van der Waals surface area contributed by atoms with Gasteiger partial charge in [-0.15, -0.1) is 0 Å². The Labute approximate surface area is 371 Å². The van der Waals surface area contributed by atoms with E-state index in [1.54, 1.807) is 0 Å². The van der Waals surface area contributed by atoms with Crippen LogP contribution in [0.3, 0.4) is 0 Å². The SMILES string of the molecule is c1ccc2c(c1)Sc1c(ccc3c1c1ccccc1n3-c1nc(-c3ccc4c5ccccc5c5ccccc5c4c3)c3oc4ccccc4c3n1)C21c2ccccc2-c2ccccc21. The van der Waals surface area contributed by atoms with Gasteiger partial charge in [0.25, 0.3) is 0 Å². The lowest BCUT2D eigenvalue weighted by atomic mass is 9.67. The summed E-state index contributed by atoms with van der Waals surface area (Å²) in [4.78, 5) is 13.6. The summed E-state index contributed by atoms with van der Waals surface area (Å²) in [5, 5.41) is 10.7. The molecule has 0 saturated carbocycles. The van der Waals surface area contributed by atoms with Gasteiger partial charge in [0.2, 0.25) is 5.95 Å². The average molecular weight is 832 g/mol. The number of aromatic nitrogens is 3. The Bertz CT molecular complexity index is 4120. The monoisotopic (exact) mass is 831 g/mol. The van der Waals surface area contributed by atoms with Gasteiger partial charge in [-0.3, -0.25) is 4.57 Å². The summed E-state index contributed by atoms with van der Waals surface area (Å²) in [6.07, 6.45) is 0. The Balaban J connectivity index is 1.04. The number of fused-ring (bicyclic) bond motifs is 22. The minimum absolute atomic E-state index is 0.481. The molecule has 10 aromatic carbocycles. The molecule has 0 atom stereocenters. The first kappa shape index (κ1) is 34.6. The molecule has 3 aromatic heterocycles. The van der Waals surface area contributed by atoms with E-state index in [4.69, 9.17) is 14.4 Å². The lowest BCUT2D eigenvalue weighted by Gasteiger charge is -2.40. The predicted octanol–water partition coefficient (Wildman–Crippen LogP) is 15.4. The number of furan rings is 1. The van der Waals surface area contributed by atoms with Crippen molar-refractivity contribution >= 4 is 88.0 Å². The van der Waals surface area contributed by atoms with Gasteiger partial charge >= 0.3 is 0 Å². The van der Waals surface area contributed by atoms with Crippen LogP contribution in [0, 0.1) is 0 Å². The number of hydrogen-bond acceptors (Lipinski definition) is 4. The molecule has 1 aliphatic heterocycles. The first-order valence-corrected chi connectivity index (χ1v) is 22.6. The normalized spacial score (nSPS) is 13.7. The summed E-state index contributed by atoms with van der Waals surface area (Å²) in [5.74, 6) is 0.608. The first-order valence-electron chi connectivity index (χ1n) is 21.8. The highest BCUT2D eigenvalue weighted by atomic mass is 32.2. The Morgan fingerprint density at radius 1 is 0.438 bits per heavy atom. The molecular formula is C59H33N3OS. The molecule has 296 valence electrons. The lowest BCUT2D eigenvalue weighted by Crippen LogP contribution is -2.32. The number of benzene rings is 10. The molecule has 1 spiro atoms. The second kappa shape index (κ2) is 12.6. The van der Waals surface area contributed by atoms with Gasteiger partial charge in [-0.2, -0.15) is 0 Å². The zero-order valence-corrected chi connectivity index (χ0v) is 35.0. The third-order valence-corrected chi connectivity index (χ3v) is 15.3. The number of nitrogens with zero attached hydrogens (tertiary/aromatic N) is 3. The van der Waals surface area contributed by atoms with Crippen LogP contribution in [0.15, 0.2) is 214 Å². The van der Waals surface area contributed by atoms with E-state index in [9.17, 15) is 0 Å². The summed E-state index contributed by atoms with van der Waals surface area (Å²) in [5.41, 5.74) is 13.5. The van der Waals surface area contributed by atoms with Crippen LogP contribution < -0.4 is 0 Å². The van der Waals surface area contributed by atoms with E-state index >= 15 is 0 Å². The fourth-order valence-corrected chi connectivity index (χ4v) is 12.9. The standard InChI is InChI=1S/C59H33N3OS/c1-2-17-37-35(15-1)36-16-3-4-18-38(36)44-33-34(29-30-39(37)44)54-56-55(43-22-8-13-27-51(43)63-56)61-58(60-54)62-49-26-12-7-21-42(49)53-50(62)32-31-48-57(53)64-52-28-14-11-25-47(52)59(48)45-23-9-5-19-40(45)41-20-6-10-24-46(41)59/h1-33H. The van der Waals surface area contributed by atoms with Crippen molar-refractivity contribution in [3.63, 3.8) is 0 Å². The molecular weight excluding hydrogens is 799 g/mol. The average Bonchev–Trinajstić information content (AvgIpc) is 4.01. The van der Waals surface area contributed by atoms with Crippen LogP contribution in [-0.4, -0.2) is 14.5 Å². The van der Waals surface area contributed by atoms with Gasteiger partial charge in [0.1, 0.15) is 16.8 Å². The van der Waals surface area contributed by atoms with Crippen LogP contribution >= 0.6 is 11.8 Å². The van der Waals surface area contributed by atoms with Crippen LogP contribution in [0.5, 0.6) is 0 Å². The zero-order valence-electron chi connectivity index (χ0n) is 34.2. The molecule has 0 unspecified atom stereocenters. The van der Waals surface area contributed by atoms with Crippen LogP contribution in [0.1, 0.15) is 22.3 Å². The molecule has 0 bridgehead atoms. The van der Waals surface area contributed by atoms with Crippen LogP contribution in [0.4, 0.5) is 0 Å². The molecule has 5 heteroatoms. The molecule has 0 radical (unpaired) electrons. The quantitative estimate of drug-likeness (QED) is 0.163. The first-order chi connectivity index (χ1) is 31.8. The van der Waals surface area contributed by atoms with Crippen LogP contribution in [-0.2, 0) is 5.41 Å². The second-order valence-electron chi connectivity index (χ2n) is 17.1. The van der Waals surface area contributed by atoms with Gasteiger partial charge in [-0.25, -0.2) is 9.97 Å². The third kappa shape index (κ3) is 4.34. The Hall–Kier alpha value is -7.99. The van der Waals surface area contributed by atoms with Crippen LogP contribution in [0.25, 0.3) is 105 Å². The van der Waals surface area contributed by atoms with Crippen molar-refractivity contribution in [1.29, 1.82) is 0 Å². The van der Waals surface area contributed by atoms with E-state index in [-0.39, 0.29) is 0 Å². The fourth-order valence-electron chi connectivity index (χ4n) is 11.5. The molecule has 13 aromatic rings. The van der Waals surface area contributed by atoms with Gasteiger partial charge in [0.15, 0.2) is 5.58 Å². The molecule has 4 heterocycles. The number of hydrogen-bond donors (Lipinski definition) is 0. The minimum atomic E-state index is -0.481. The Kier molecular flexibility index (Phi) is 6.79. The van der Waals surface area contributed by atoms with Crippen molar-refractivity contribution in [3.05, 3.63) is 222 Å². The highest BCUT2D eigenvalue weighted by molar-refractivity contribution is 7.99. The molecule has 0 saturated heterocycles. The molecule has 64 heavy (non-hydrogen) atoms. The molecule has 0 fully saturated rings. The van der Waals surface area contributed by atoms with E-state index in [0.29, 0.717) is 11.5 Å². The summed E-state index contributed by atoms with van der Waals surface area (Å²) >= 11 is 1.88. The van der Waals surface area contributed by atoms with E-state index in [0.717, 1.165) is 38.8 Å². The minimum Gasteiger partial charge on any atom is -0.452 e. The Morgan fingerprint density at radius 2 is 1.02 bits per heavy atom. The van der Waals surface area contributed by atoms with Crippen molar-refractivity contribution < 1.29 is 4.42 Å². The topological polar surface area (TPSA) is 43.9 Å². The number of rotatable bonds is 2. The summed E-state index contributed by atoms with van der Waals surface area (Å²) in [6.45, 7) is 0. The van der Waals surface area contributed by atoms with Gasteiger partial charge in [0.05, 0.1) is 16.4 Å². The van der Waals surface area contributed by atoms with Crippen molar-refractivity contribution in [2.24, 2.45) is 0 Å². The molecule has 0 N–H and O–H groups in total. The van der Waals surface area contributed by atoms with Crippen molar-refractivity contribution in [2.75, 3.05) is 0 Å². The maximum Gasteiger partial charge on any atom is 0.236 e. The Morgan fingerprint density at radius 3 is 1.75 bits per heavy atom. The van der Waals surface area contributed by atoms with E-state index < -0.39 is 5.41 Å². The maximum atomic E-state index is 6.74. The van der Waals surface area contributed by atoms with Crippen molar-refractivity contribution in [3.8, 4) is 28.3 Å². The highest BCUT2D eigenvalue weighted by Gasteiger charge is 2.50. The molecule has 4 nitrogen and oxygen atoms in total. The smallest absolute Gasteiger partial charge is 0.236 e. The second-order valence-corrected chi connectivity index (χ2v) is 18.2. The van der Waals surface area contributed by atoms with Crippen molar-refractivity contribution in [2.45, 2.75) is 15.2 Å². The predicted molar refractivity (Wildman–Crippen MR) is 263 cm³/mol. The summed E-state index contributed by atoms with van der Waals surface area (Å²) < 4.78 is 9.02. The largest absolute Gasteiger partial charge is 0.452 e. The molecule has 2 aliphatic rings. The van der Waals surface area contributed by atoms with Gasteiger partial charge in [-0.1, -0.05) is 176 Å². The summed E-state index contributed by atoms with van der Waals surface area (Å²) in [7, 11) is 0. The molecule has 15 rings (SSSR count). The van der Waals surface area contributed by atoms with E-state index in [1.807, 2.05) is 23.9 Å². The fraction of sp³-hybridized carbons (Fsp3) is 0.0169. The van der Waals surface area contributed by atoms with Gasteiger partial charge in [-0.05, 0) is 102 Å². The van der Waals surface area contributed by atoms with Crippen molar-refractivity contribution in [1.82, 2.24) is 14.5 Å². The van der Waals surface area contributed by atoms with E-state index in [1.165, 1.54) is 86.3 Å². The molecule has 1 aliphatic carbocycles. The third-order valence-electron chi connectivity index (χ3n) is 14.1. The maximum absolute atomic E-state index is 6.74. The lowest BCUT2D eigenvalue weighted by molar-refractivity contribution is 0.666. The van der Waals surface area contributed by atoms with Crippen LogP contribution in [0.2, 0.25) is 0 Å². The molecule has 0 amide bonds. The zero-order chi connectivity index (χ0) is 41.7. The van der Waals surface area contributed by atoms with Gasteiger partial charge in [0, 0.05) is 31.5 Å². The van der Waals surface area contributed by atoms with Gasteiger partial charge < -0.3 is 4.42 Å². The number of para-hydroxylation sites is 2. The summed E-state index contributed by atoms with van der Waals surface area (Å²) in [6, 6.07) is 72.9. The highest BCUT2D eigenvalue weighted by Crippen LogP contribution is 2.63.